The molecule has 0 radical (unpaired) electrons. The summed E-state index contributed by atoms with van der Waals surface area (Å²) in [6.07, 6.45) is 6.29. The third-order valence-corrected chi connectivity index (χ3v) is 6.46. The minimum absolute atomic E-state index is 0. The lowest BCUT2D eigenvalue weighted by Crippen LogP contribution is -2.56. The van der Waals surface area contributed by atoms with Gasteiger partial charge < -0.3 is 9.47 Å². The summed E-state index contributed by atoms with van der Waals surface area (Å²) >= 11 is 0. The predicted octanol–water partition coefficient (Wildman–Crippen LogP) is 2.53. The monoisotopic (exact) mass is 442 g/mol. The molecule has 2 fully saturated rings. The molecule has 4 heterocycles. The molecule has 0 saturated carbocycles. The number of nitrogens with zero attached hydrogens (tertiary/aromatic N) is 5. The lowest BCUT2D eigenvalue weighted by Gasteiger charge is -2.48. The molecule has 0 aliphatic carbocycles. The number of hydrogen-bond donors (Lipinski definition) is 2. The maximum atomic E-state index is 11.4. The van der Waals surface area contributed by atoms with Crippen molar-refractivity contribution in [3.63, 3.8) is 0 Å². The molecule has 1 aromatic carbocycles. The summed E-state index contributed by atoms with van der Waals surface area (Å²) in [7, 11) is 2.12. The topological polar surface area (TPSA) is 86.5 Å². The van der Waals surface area contributed by atoms with E-state index < -0.39 is 5.91 Å². The highest BCUT2D eigenvalue weighted by Gasteiger charge is 2.48. The maximum Gasteiger partial charge on any atom is 0.277 e. The Hall–Kier alpha value is -2.68. The highest BCUT2D eigenvalue weighted by Crippen LogP contribution is 2.41. The molecule has 2 aromatic heterocycles. The highest BCUT2D eigenvalue weighted by molar-refractivity contribution is 5.92. The van der Waals surface area contributed by atoms with Crippen molar-refractivity contribution < 1.29 is 10.0 Å². The molecular formula is C22H27ClN6O2. The van der Waals surface area contributed by atoms with Crippen molar-refractivity contribution in [2.75, 3.05) is 31.1 Å². The normalized spacial score (nSPS) is 17.6. The van der Waals surface area contributed by atoms with Crippen LogP contribution in [0.25, 0.3) is 10.9 Å². The van der Waals surface area contributed by atoms with E-state index in [1.165, 1.54) is 34.4 Å². The lowest BCUT2D eigenvalue weighted by molar-refractivity contribution is 0.0119. The van der Waals surface area contributed by atoms with Crippen LogP contribution >= 0.6 is 12.4 Å². The number of hydroxylamine groups is 1. The van der Waals surface area contributed by atoms with E-state index in [2.05, 4.69) is 62.7 Å². The van der Waals surface area contributed by atoms with Crippen molar-refractivity contribution in [3.8, 4) is 0 Å². The summed E-state index contributed by atoms with van der Waals surface area (Å²) in [6, 6.07) is 6.68. The Morgan fingerprint density at radius 3 is 2.68 bits per heavy atom. The SMILES string of the molecule is Cc1ccc2c(CN3CC4(CCN(c5ncc(C(=O)NO)cn5)C4)C3)cn(C)c2c1.Cl. The van der Waals surface area contributed by atoms with Gasteiger partial charge >= 0.3 is 0 Å². The summed E-state index contributed by atoms with van der Waals surface area (Å²) in [5, 5.41) is 10.1. The van der Waals surface area contributed by atoms with Gasteiger partial charge in [-0.05, 0) is 30.5 Å². The first kappa shape index (κ1) is 21.5. The van der Waals surface area contributed by atoms with Crippen LogP contribution in [0.5, 0.6) is 0 Å². The van der Waals surface area contributed by atoms with Crippen LogP contribution in [0.3, 0.4) is 0 Å². The van der Waals surface area contributed by atoms with Gasteiger partial charge in [-0.3, -0.25) is 14.9 Å². The van der Waals surface area contributed by atoms with Crippen LogP contribution in [-0.2, 0) is 13.6 Å². The second-order valence-corrected chi connectivity index (χ2v) is 8.82. The molecular weight excluding hydrogens is 416 g/mol. The molecule has 2 aliphatic rings. The van der Waals surface area contributed by atoms with E-state index in [1.54, 1.807) is 5.48 Å². The van der Waals surface area contributed by atoms with Gasteiger partial charge in [-0.2, -0.15) is 0 Å². The number of anilines is 1. The molecule has 9 heteroatoms. The quantitative estimate of drug-likeness (QED) is 0.477. The van der Waals surface area contributed by atoms with E-state index in [4.69, 9.17) is 5.21 Å². The Bertz CT molecular complexity index is 1110. The number of likely N-dealkylation sites (tertiary alicyclic amines) is 1. The van der Waals surface area contributed by atoms with Gasteiger partial charge in [-0.15, -0.1) is 12.4 Å². The number of carbonyl (C=O) groups excluding carboxylic acids is 1. The Morgan fingerprint density at radius 2 is 1.97 bits per heavy atom. The number of aromatic nitrogens is 3. The second kappa shape index (κ2) is 8.11. The van der Waals surface area contributed by atoms with Gasteiger partial charge in [0.15, 0.2) is 0 Å². The van der Waals surface area contributed by atoms with Crippen molar-refractivity contribution >= 4 is 35.2 Å². The second-order valence-electron chi connectivity index (χ2n) is 8.82. The number of rotatable bonds is 4. The van der Waals surface area contributed by atoms with Crippen LogP contribution in [0, 0.1) is 12.3 Å². The minimum Gasteiger partial charge on any atom is -0.350 e. The zero-order chi connectivity index (χ0) is 20.9. The summed E-state index contributed by atoms with van der Waals surface area (Å²) in [6.45, 7) is 7.13. The molecule has 0 atom stereocenters. The van der Waals surface area contributed by atoms with Gasteiger partial charge in [-0.25, -0.2) is 15.4 Å². The Kier molecular flexibility index (Phi) is 5.63. The maximum absolute atomic E-state index is 11.4. The number of carbonyl (C=O) groups is 1. The number of halogens is 1. The number of fused-ring (bicyclic) bond motifs is 1. The molecule has 5 rings (SSSR count). The summed E-state index contributed by atoms with van der Waals surface area (Å²) in [5.74, 6) is 0.0434. The first-order valence-corrected chi connectivity index (χ1v) is 10.2. The molecule has 2 N–H and O–H groups in total. The highest BCUT2D eigenvalue weighted by atomic mass is 35.5. The molecule has 2 saturated heterocycles. The molecule has 2 aliphatic heterocycles. The summed E-state index contributed by atoms with van der Waals surface area (Å²) < 4.78 is 2.22. The Labute approximate surface area is 187 Å². The Balaban J connectivity index is 0.00000231. The van der Waals surface area contributed by atoms with E-state index in [-0.39, 0.29) is 18.0 Å². The molecule has 1 amide bonds. The van der Waals surface area contributed by atoms with Crippen LogP contribution in [0.4, 0.5) is 5.95 Å². The van der Waals surface area contributed by atoms with Gasteiger partial charge in [0.05, 0.1) is 5.56 Å². The van der Waals surface area contributed by atoms with E-state index in [9.17, 15) is 4.79 Å². The van der Waals surface area contributed by atoms with Crippen LogP contribution in [0.15, 0.2) is 36.8 Å². The van der Waals surface area contributed by atoms with Crippen molar-refractivity contribution in [2.24, 2.45) is 12.5 Å². The van der Waals surface area contributed by atoms with Crippen molar-refractivity contribution in [3.05, 3.63) is 53.5 Å². The number of aryl methyl sites for hydroxylation is 2. The van der Waals surface area contributed by atoms with Crippen molar-refractivity contribution in [2.45, 2.75) is 19.9 Å². The average Bonchev–Trinajstić information content (AvgIpc) is 3.30. The molecule has 0 bridgehead atoms. The third-order valence-electron chi connectivity index (χ3n) is 6.46. The molecule has 8 nitrogen and oxygen atoms in total. The van der Waals surface area contributed by atoms with Crippen LogP contribution in [-0.4, -0.2) is 56.7 Å². The largest absolute Gasteiger partial charge is 0.350 e. The smallest absolute Gasteiger partial charge is 0.277 e. The van der Waals surface area contributed by atoms with E-state index >= 15 is 0 Å². The van der Waals surface area contributed by atoms with Crippen molar-refractivity contribution in [1.29, 1.82) is 0 Å². The zero-order valence-electron chi connectivity index (χ0n) is 17.7. The van der Waals surface area contributed by atoms with Crippen LogP contribution < -0.4 is 10.4 Å². The molecule has 1 spiro atoms. The fraction of sp³-hybridized carbons (Fsp3) is 0.409. The average molecular weight is 443 g/mol. The standard InChI is InChI=1S/C22H26N6O2.ClH/c1-15-3-4-18-17(10-26(2)19(18)7-15)11-27-12-22(13-27)5-6-28(14-22)21-23-8-16(9-24-21)20(29)25-30;/h3-4,7-10,30H,5-6,11-14H2,1-2H3,(H,25,29);1H. The van der Waals surface area contributed by atoms with Gasteiger partial charge in [0.25, 0.3) is 5.91 Å². The zero-order valence-corrected chi connectivity index (χ0v) is 18.5. The van der Waals surface area contributed by atoms with Crippen LogP contribution in [0.2, 0.25) is 0 Å². The van der Waals surface area contributed by atoms with Crippen molar-refractivity contribution in [1.82, 2.24) is 24.9 Å². The molecule has 164 valence electrons. The van der Waals surface area contributed by atoms with Gasteiger partial charge in [0.2, 0.25) is 5.95 Å². The summed E-state index contributed by atoms with van der Waals surface area (Å²) in [4.78, 5) is 24.8. The van der Waals surface area contributed by atoms with E-state index in [1.807, 2.05) is 0 Å². The number of amides is 1. The first-order chi connectivity index (χ1) is 14.5. The number of nitrogens with one attached hydrogen (secondary N) is 1. The first-order valence-electron chi connectivity index (χ1n) is 10.2. The number of hydrogen-bond acceptors (Lipinski definition) is 6. The van der Waals surface area contributed by atoms with Gasteiger partial charge in [-0.1, -0.05) is 12.1 Å². The predicted molar refractivity (Wildman–Crippen MR) is 121 cm³/mol. The van der Waals surface area contributed by atoms with E-state index in [0.717, 1.165) is 39.1 Å². The fourth-order valence-electron chi connectivity index (χ4n) is 4.99. The summed E-state index contributed by atoms with van der Waals surface area (Å²) in [5.41, 5.74) is 6.11. The lowest BCUT2D eigenvalue weighted by atomic mass is 9.79. The minimum atomic E-state index is -0.599. The Morgan fingerprint density at radius 1 is 1.23 bits per heavy atom. The van der Waals surface area contributed by atoms with Crippen LogP contribution in [0.1, 0.15) is 27.9 Å². The van der Waals surface area contributed by atoms with Gasteiger partial charge in [0.1, 0.15) is 0 Å². The molecule has 0 unspecified atom stereocenters. The van der Waals surface area contributed by atoms with Gasteiger partial charge in [0, 0.05) is 74.7 Å². The van der Waals surface area contributed by atoms with E-state index in [0.29, 0.717) is 11.4 Å². The number of benzene rings is 1. The molecule has 31 heavy (non-hydrogen) atoms. The third kappa shape index (κ3) is 3.86. The fourth-order valence-corrected chi connectivity index (χ4v) is 4.99. The molecule has 3 aromatic rings.